The molecule has 1 aromatic heterocycles. The smallest absolute Gasteiger partial charge is 0.252 e. The van der Waals surface area contributed by atoms with Gasteiger partial charge in [-0.2, -0.15) is 0 Å². The fourth-order valence-electron chi connectivity index (χ4n) is 2.25. The zero-order chi connectivity index (χ0) is 12.1. The van der Waals surface area contributed by atoms with Gasteiger partial charge >= 0.3 is 0 Å². The highest BCUT2D eigenvalue weighted by Gasteiger charge is 2.20. The third-order valence-corrected chi connectivity index (χ3v) is 3.59. The number of amides is 1. The van der Waals surface area contributed by atoms with E-state index in [1.54, 1.807) is 24.5 Å². The first kappa shape index (κ1) is 12.4. The Bertz CT molecular complexity index is 369. The van der Waals surface area contributed by atoms with Crippen LogP contribution in [0.15, 0.2) is 24.5 Å². The molecule has 17 heavy (non-hydrogen) atoms. The highest BCUT2D eigenvalue weighted by atomic mass is 35.5. The molecule has 1 aromatic rings. The third kappa shape index (κ3) is 3.70. The maximum absolute atomic E-state index is 11.8. The Labute approximate surface area is 107 Å². The molecule has 2 atom stereocenters. The number of carbonyl (C=O) groups excluding carboxylic acids is 1. The van der Waals surface area contributed by atoms with Crippen LogP contribution in [0.25, 0.3) is 0 Å². The van der Waals surface area contributed by atoms with E-state index in [2.05, 4.69) is 10.3 Å². The fourth-order valence-corrected chi connectivity index (χ4v) is 2.65. The Morgan fingerprint density at radius 2 is 2.41 bits per heavy atom. The second-order valence-corrected chi connectivity index (χ2v) is 5.20. The number of alkyl halides is 1. The lowest BCUT2D eigenvalue weighted by atomic mass is 9.89. The van der Waals surface area contributed by atoms with E-state index >= 15 is 0 Å². The van der Waals surface area contributed by atoms with Gasteiger partial charge in [0.2, 0.25) is 0 Å². The molecule has 1 saturated carbocycles. The highest BCUT2D eigenvalue weighted by Crippen LogP contribution is 2.27. The van der Waals surface area contributed by atoms with Gasteiger partial charge in [-0.3, -0.25) is 9.78 Å². The van der Waals surface area contributed by atoms with Crippen molar-refractivity contribution in [1.29, 1.82) is 0 Å². The minimum Gasteiger partial charge on any atom is -0.352 e. The number of hydrogen-bond donors (Lipinski definition) is 1. The normalized spacial score (nSPS) is 24.3. The summed E-state index contributed by atoms with van der Waals surface area (Å²) in [6, 6.07) is 3.54. The molecule has 1 fully saturated rings. The molecule has 0 radical (unpaired) electrons. The number of pyridine rings is 1. The van der Waals surface area contributed by atoms with Gasteiger partial charge in [0.1, 0.15) is 0 Å². The van der Waals surface area contributed by atoms with Crippen LogP contribution in [0.5, 0.6) is 0 Å². The quantitative estimate of drug-likeness (QED) is 0.841. The highest BCUT2D eigenvalue weighted by molar-refractivity contribution is 6.20. The van der Waals surface area contributed by atoms with Crippen molar-refractivity contribution in [1.82, 2.24) is 10.3 Å². The number of nitrogens with zero attached hydrogens (tertiary/aromatic N) is 1. The standard InChI is InChI=1S/C13H17ClN2O/c14-12-5-1-3-10(7-12)8-16-13(17)11-4-2-6-15-9-11/h2,4,6,9-10,12H,1,3,5,7-8H2,(H,16,17). The second-order valence-electron chi connectivity index (χ2n) is 4.58. The molecule has 1 N–H and O–H groups in total. The SMILES string of the molecule is O=C(NCC1CCCC(Cl)C1)c1cccnc1. The minimum atomic E-state index is -0.0465. The molecule has 0 spiro atoms. The average molecular weight is 253 g/mol. The van der Waals surface area contributed by atoms with Crippen molar-refractivity contribution >= 4 is 17.5 Å². The Hall–Kier alpha value is -1.09. The number of nitrogens with one attached hydrogen (secondary N) is 1. The first-order chi connectivity index (χ1) is 8.25. The number of carbonyl (C=O) groups is 1. The largest absolute Gasteiger partial charge is 0.352 e. The Morgan fingerprint density at radius 3 is 3.12 bits per heavy atom. The van der Waals surface area contributed by atoms with Crippen LogP contribution >= 0.6 is 11.6 Å². The van der Waals surface area contributed by atoms with Gasteiger partial charge in [-0.1, -0.05) is 6.42 Å². The van der Waals surface area contributed by atoms with E-state index in [-0.39, 0.29) is 11.3 Å². The molecule has 0 bridgehead atoms. The predicted molar refractivity (Wildman–Crippen MR) is 68.2 cm³/mol. The molecule has 2 unspecified atom stereocenters. The van der Waals surface area contributed by atoms with Crippen LogP contribution in [-0.4, -0.2) is 22.8 Å². The number of hydrogen-bond acceptors (Lipinski definition) is 2. The number of halogens is 1. The first-order valence-corrected chi connectivity index (χ1v) is 6.51. The maximum Gasteiger partial charge on any atom is 0.252 e. The summed E-state index contributed by atoms with van der Waals surface area (Å²) in [5.74, 6) is 0.474. The first-order valence-electron chi connectivity index (χ1n) is 6.08. The lowest BCUT2D eigenvalue weighted by Crippen LogP contribution is -2.32. The summed E-state index contributed by atoms with van der Waals surface area (Å²) in [4.78, 5) is 15.7. The zero-order valence-corrected chi connectivity index (χ0v) is 10.5. The molecule has 0 aromatic carbocycles. The summed E-state index contributed by atoms with van der Waals surface area (Å²) in [6.45, 7) is 0.719. The van der Waals surface area contributed by atoms with E-state index in [1.165, 1.54) is 6.42 Å². The van der Waals surface area contributed by atoms with Crippen molar-refractivity contribution in [2.24, 2.45) is 5.92 Å². The summed E-state index contributed by atoms with van der Waals surface area (Å²) in [5, 5.41) is 3.23. The maximum atomic E-state index is 11.8. The average Bonchev–Trinajstić information content (AvgIpc) is 2.37. The van der Waals surface area contributed by atoms with Crippen molar-refractivity contribution in [2.75, 3.05) is 6.54 Å². The minimum absolute atomic E-state index is 0.0465. The molecule has 1 heterocycles. The fraction of sp³-hybridized carbons (Fsp3) is 0.538. The second kappa shape index (κ2) is 6.01. The van der Waals surface area contributed by atoms with E-state index in [0.29, 0.717) is 11.5 Å². The Morgan fingerprint density at radius 1 is 1.53 bits per heavy atom. The Balaban J connectivity index is 1.80. The van der Waals surface area contributed by atoms with E-state index in [4.69, 9.17) is 11.6 Å². The van der Waals surface area contributed by atoms with E-state index in [9.17, 15) is 4.79 Å². The summed E-state index contributed by atoms with van der Waals surface area (Å²) in [7, 11) is 0. The Kier molecular flexibility index (Phi) is 4.37. The summed E-state index contributed by atoms with van der Waals surface area (Å²) >= 11 is 6.12. The molecule has 0 saturated heterocycles. The molecule has 4 heteroatoms. The van der Waals surface area contributed by atoms with Crippen molar-refractivity contribution in [2.45, 2.75) is 31.1 Å². The summed E-state index contributed by atoms with van der Waals surface area (Å²) in [5.41, 5.74) is 0.616. The monoisotopic (exact) mass is 252 g/mol. The van der Waals surface area contributed by atoms with E-state index in [0.717, 1.165) is 25.8 Å². The van der Waals surface area contributed by atoms with Gasteiger partial charge in [-0.15, -0.1) is 11.6 Å². The van der Waals surface area contributed by atoms with Gasteiger partial charge in [0.15, 0.2) is 0 Å². The zero-order valence-electron chi connectivity index (χ0n) is 9.73. The van der Waals surface area contributed by atoms with Crippen LogP contribution in [-0.2, 0) is 0 Å². The molecule has 1 amide bonds. The van der Waals surface area contributed by atoms with Gasteiger partial charge < -0.3 is 5.32 Å². The third-order valence-electron chi connectivity index (χ3n) is 3.19. The van der Waals surface area contributed by atoms with Crippen LogP contribution < -0.4 is 5.32 Å². The molecular formula is C13H17ClN2O. The van der Waals surface area contributed by atoms with Crippen LogP contribution in [0, 0.1) is 5.92 Å². The van der Waals surface area contributed by atoms with Gasteiger partial charge in [0, 0.05) is 24.3 Å². The molecule has 1 aliphatic rings. The molecule has 1 aliphatic carbocycles. The molecule has 3 nitrogen and oxygen atoms in total. The predicted octanol–water partition coefficient (Wildman–Crippen LogP) is 2.61. The van der Waals surface area contributed by atoms with Crippen LogP contribution in [0.3, 0.4) is 0 Å². The molecule has 0 aliphatic heterocycles. The van der Waals surface area contributed by atoms with Gasteiger partial charge in [-0.05, 0) is 37.3 Å². The van der Waals surface area contributed by atoms with Crippen molar-refractivity contribution in [3.8, 4) is 0 Å². The van der Waals surface area contributed by atoms with Crippen LogP contribution in [0.2, 0.25) is 0 Å². The number of aromatic nitrogens is 1. The van der Waals surface area contributed by atoms with Crippen molar-refractivity contribution < 1.29 is 4.79 Å². The van der Waals surface area contributed by atoms with Gasteiger partial charge in [0.05, 0.1) is 5.56 Å². The molecule has 92 valence electrons. The summed E-state index contributed by atoms with van der Waals surface area (Å²) in [6.07, 6.45) is 7.69. The molecule has 2 rings (SSSR count). The van der Waals surface area contributed by atoms with E-state index < -0.39 is 0 Å². The summed E-state index contributed by atoms with van der Waals surface area (Å²) < 4.78 is 0. The van der Waals surface area contributed by atoms with Crippen LogP contribution in [0.4, 0.5) is 0 Å². The van der Waals surface area contributed by atoms with Gasteiger partial charge in [0.25, 0.3) is 5.91 Å². The number of rotatable bonds is 3. The van der Waals surface area contributed by atoms with Crippen LogP contribution in [0.1, 0.15) is 36.0 Å². The van der Waals surface area contributed by atoms with Crippen molar-refractivity contribution in [3.05, 3.63) is 30.1 Å². The topological polar surface area (TPSA) is 42.0 Å². The van der Waals surface area contributed by atoms with E-state index in [1.807, 2.05) is 0 Å². The van der Waals surface area contributed by atoms with Crippen molar-refractivity contribution in [3.63, 3.8) is 0 Å². The lowest BCUT2D eigenvalue weighted by Gasteiger charge is -2.25. The van der Waals surface area contributed by atoms with Gasteiger partial charge in [-0.25, -0.2) is 0 Å². The lowest BCUT2D eigenvalue weighted by molar-refractivity contribution is 0.0943. The molecular weight excluding hydrogens is 236 g/mol.